The van der Waals surface area contributed by atoms with Gasteiger partial charge in [-0.15, -0.1) is 0 Å². The molecule has 2 aromatic rings. The molecule has 2 aliphatic rings. The molecule has 1 saturated heterocycles. The van der Waals surface area contributed by atoms with Gasteiger partial charge in [-0.1, -0.05) is 0 Å². The first kappa shape index (κ1) is 15.5. The lowest BCUT2D eigenvalue weighted by Crippen LogP contribution is -2.37. The number of nitrogens with zero attached hydrogens (tertiary/aromatic N) is 5. The fraction of sp³-hybridized carbons (Fsp3) is 0.588. The Kier molecular flexibility index (Phi) is 4.44. The zero-order chi connectivity index (χ0) is 16.4. The first-order valence-corrected chi connectivity index (χ1v) is 8.69. The number of aromatic nitrogens is 4. The van der Waals surface area contributed by atoms with Crippen LogP contribution in [0.4, 0.5) is 5.95 Å². The number of anilines is 1. The van der Waals surface area contributed by atoms with Gasteiger partial charge in [-0.3, -0.25) is 4.68 Å². The molecule has 7 nitrogen and oxygen atoms in total. The Hall–Kier alpha value is -1.99. The molecule has 1 N–H and O–H groups in total. The van der Waals surface area contributed by atoms with Gasteiger partial charge >= 0.3 is 0 Å². The molecule has 0 saturated carbocycles. The number of morpholine rings is 1. The van der Waals surface area contributed by atoms with E-state index in [0.717, 1.165) is 57.2 Å². The van der Waals surface area contributed by atoms with Crippen LogP contribution in [0.5, 0.6) is 0 Å². The highest BCUT2D eigenvalue weighted by Crippen LogP contribution is 2.29. The Morgan fingerprint density at radius 2 is 2.00 bits per heavy atom. The second-order valence-electron chi connectivity index (χ2n) is 6.49. The minimum atomic E-state index is 0.376. The SMILES string of the molecule is Cn1ncc2c1CCC[C@H]2NCc1cnc(N2CCOCC2)nc1. The van der Waals surface area contributed by atoms with Gasteiger partial charge in [0.15, 0.2) is 0 Å². The smallest absolute Gasteiger partial charge is 0.225 e. The van der Waals surface area contributed by atoms with Crippen molar-refractivity contribution in [1.82, 2.24) is 25.1 Å². The van der Waals surface area contributed by atoms with E-state index < -0.39 is 0 Å². The first-order valence-electron chi connectivity index (χ1n) is 8.69. The molecule has 0 amide bonds. The molecular formula is C17H24N6O. The van der Waals surface area contributed by atoms with Crippen molar-refractivity contribution in [2.45, 2.75) is 31.8 Å². The van der Waals surface area contributed by atoms with Crippen LogP contribution >= 0.6 is 0 Å². The largest absolute Gasteiger partial charge is 0.378 e. The summed E-state index contributed by atoms with van der Waals surface area (Å²) in [5, 5.41) is 8.04. The monoisotopic (exact) mass is 328 g/mol. The van der Waals surface area contributed by atoms with Crippen LogP contribution in [0.2, 0.25) is 0 Å². The Balaban J connectivity index is 1.38. The molecule has 7 heteroatoms. The predicted molar refractivity (Wildman–Crippen MR) is 90.8 cm³/mol. The molecule has 0 spiro atoms. The van der Waals surface area contributed by atoms with E-state index >= 15 is 0 Å². The lowest BCUT2D eigenvalue weighted by Gasteiger charge is -2.26. The van der Waals surface area contributed by atoms with Crippen LogP contribution in [-0.2, 0) is 24.8 Å². The second-order valence-corrected chi connectivity index (χ2v) is 6.49. The van der Waals surface area contributed by atoms with Crippen molar-refractivity contribution in [1.29, 1.82) is 0 Å². The van der Waals surface area contributed by atoms with Crippen molar-refractivity contribution in [2.75, 3.05) is 31.2 Å². The molecule has 128 valence electrons. The average molecular weight is 328 g/mol. The third-order valence-corrected chi connectivity index (χ3v) is 4.91. The fourth-order valence-electron chi connectivity index (χ4n) is 3.53. The normalized spacial score (nSPS) is 20.9. The number of hydrogen-bond donors (Lipinski definition) is 1. The van der Waals surface area contributed by atoms with Gasteiger partial charge in [0, 0.05) is 61.9 Å². The predicted octanol–water partition coefficient (Wildman–Crippen LogP) is 1.21. The highest BCUT2D eigenvalue weighted by molar-refractivity contribution is 5.30. The molecule has 0 radical (unpaired) electrons. The molecule has 1 fully saturated rings. The molecule has 2 aromatic heterocycles. The molecule has 1 aliphatic heterocycles. The number of ether oxygens (including phenoxy) is 1. The van der Waals surface area contributed by atoms with Crippen LogP contribution in [0.3, 0.4) is 0 Å². The maximum absolute atomic E-state index is 5.37. The standard InChI is InChI=1S/C17H24N6O/c1-22-16-4-2-3-15(14(16)12-21-22)18-9-13-10-19-17(20-11-13)23-5-7-24-8-6-23/h10-12,15,18H,2-9H2,1H3/t15-/m1/s1. The molecule has 0 bridgehead atoms. The van der Waals surface area contributed by atoms with Crippen molar-refractivity contribution in [2.24, 2.45) is 7.05 Å². The number of aryl methyl sites for hydroxylation is 1. The van der Waals surface area contributed by atoms with E-state index in [-0.39, 0.29) is 0 Å². The molecule has 0 aromatic carbocycles. The van der Waals surface area contributed by atoms with Gasteiger partial charge in [0.2, 0.25) is 5.95 Å². The van der Waals surface area contributed by atoms with E-state index in [2.05, 4.69) is 25.3 Å². The third kappa shape index (κ3) is 3.14. The van der Waals surface area contributed by atoms with Crippen molar-refractivity contribution < 1.29 is 4.74 Å². The Bertz CT molecular complexity index is 677. The van der Waals surface area contributed by atoms with E-state index in [0.29, 0.717) is 6.04 Å². The van der Waals surface area contributed by atoms with Gasteiger partial charge in [-0.2, -0.15) is 5.10 Å². The highest BCUT2D eigenvalue weighted by Gasteiger charge is 2.23. The van der Waals surface area contributed by atoms with Gasteiger partial charge in [0.25, 0.3) is 0 Å². The first-order chi connectivity index (χ1) is 11.8. The molecular weight excluding hydrogens is 304 g/mol. The number of rotatable bonds is 4. The van der Waals surface area contributed by atoms with E-state index in [4.69, 9.17) is 4.74 Å². The van der Waals surface area contributed by atoms with Crippen LogP contribution in [0, 0.1) is 0 Å². The summed E-state index contributed by atoms with van der Waals surface area (Å²) in [6.45, 7) is 4.01. The zero-order valence-corrected chi connectivity index (χ0v) is 14.1. The fourth-order valence-corrected chi connectivity index (χ4v) is 3.53. The van der Waals surface area contributed by atoms with Crippen LogP contribution in [0.15, 0.2) is 18.6 Å². The molecule has 24 heavy (non-hydrogen) atoms. The van der Waals surface area contributed by atoms with E-state index in [1.807, 2.05) is 30.3 Å². The average Bonchev–Trinajstić information content (AvgIpc) is 3.03. The van der Waals surface area contributed by atoms with Gasteiger partial charge in [-0.25, -0.2) is 9.97 Å². The van der Waals surface area contributed by atoms with Gasteiger partial charge in [-0.05, 0) is 19.3 Å². The molecule has 0 unspecified atom stereocenters. The van der Waals surface area contributed by atoms with E-state index in [1.54, 1.807) is 0 Å². The van der Waals surface area contributed by atoms with E-state index in [9.17, 15) is 0 Å². The quantitative estimate of drug-likeness (QED) is 0.910. The van der Waals surface area contributed by atoms with Crippen molar-refractivity contribution in [3.05, 3.63) is 35.4 Å². The maximum Gasteiger partial charge on any atom is 0.225 e. The lowest BCUT2D eigenvalue weighted by atomic mass is 9.93. The summed E-state index contributed by atoms with van der Waals surface area (Å²) in [5.74, 6) is 0.800. The second kappa shape index (κ2) is 6.86. The Morgan fingerprint density at radius 3 is 2.79 bits per heavy atom. The summed E-state index contributed by atoms with van der Waals surface area (Å²) in [4.78, 5) is 11.2. The minimum Gasteiger partial charge on any atom is -0.378 e. The molecule has 1 atom stereocenters. The zero-order valence-electron chi connectivity index (χ0n) is 14.1. The topological polar surface area (TPSA) is 68.1 Å². The summed E-state index contributed by atoms with van der Waals surface area (Å²) in [5.41, 5.74) is 3.82. The lowest BCUT2D eigenvalue weighted by molar-refractivity contribution is 0.122. The Morgan fingerprint density at radius 1 is 1.21 bits per heavy atom. The molecule has 4 rings (SSSR count). The summed E-state index contributed by atoms with van der Waals surface area (Å²) in [6.07, 6.45) is 9.35. The van der Waals surface area contributed by atoms with Crippen LogP contribution in [0.1, 0.15) is 35.7 Å². The minimum absolute atomic E-state index is 0.376. The summed E-state index contributed by atoms with van der Waals surface area (Å²) in [7, 11) is 2.03. The van der Waals surface area contributed by atoms with E-state index in [1.165, 1.54) is 17.7 Å². The van der Waals surface area contributed by atoms with Gasteiger partial charge < -0.3 is 15.0 Å². The van der Waals surface area contributed by atoms with Gasteiger partial charge in [0.1, 0.15) is 0 Å². The third-order valence-electron chi connectivity index (χ3n) is 4.91. The van der Waals surface area contributed by atoms with Crippen molar-refractivity contribution in [3.63, 3.8) is 0 Å². The summed E-state index contributed by atoms with van der Waals surface area (Å²) in [6, 6.07) is 0.376. The van der Waals surface area contributed by atoms with Gasteiger partial charge in [0.05, 0.1) is 19.4 Å². The van der Waals surface area contributed by atoms with Crippen LogP contribution in [-0.4, -0.2) is 46.1 Å². The number of nitrogens with one attached hydrogen (secondary N) is 1. The van der Waals surface area contributed by atoms with Crippen LogP contribution in [0.25, 0.3) is 0 Å². The molecule has 1 aliphatic carbocycles. The summed E-state index contributed by atoms with van der Waals surface area (Å²) >= 11 is 0. The van der Waals surface area contributed by atoms with Crippen molar-refractivity contribution >= 4 is 5.95 Å². The highest BCUT2D eigenvalue weighted by atomic mass is 16.5. The van der Waals surface area contributed by atoms with Crippen LogP contribution < -0.4 is 10.2 Å². The maximum atomic E-state index is 5.37. The number of hydrogen-bond acceptors (Lipinski definition) is 6. The number of fused-ring (bicyclic) bond motifs is 1. The molecule has 3 heterocycles. The van der Waals surface area contributed by atoms with Crippen molar-refractivity contribution in [3.8, 4) is 0 Å². The summed E-state index contributed by atoms with van der Waals surface area (Å²) < 4.78 is 7.37. The Labute approximate surface area is 142 Å².